The minimum absolute atomic E-state index is 0.0651. The van der Waals surface area contributed by atoms with Crippen LogP contribution in [0.3, 0.4) is 0 Å². The van der Waals surface area contributed by atoms with Crippen LogP contribution in [0.1, 0.15) is 39.2 Å². The Labute approximate surface area is 155 Å². The molecule has 2 aliphatic rings. The van der Waals surface area contributed by atoms with E-state index in [1.165, 1.54) is 0 Å². The van der Waals surface area contributed by atoms with Crippen molar-refractivity contribution in [1.29, 1.82) is 0 Å². The van der Waals surface area contributed by atoms with Crippen molar-refractivity contribution in [1.82, 2.24) is 4.90 Å². The fraction of sp³-hybridized carbons (Fsp3) is 0.650. The Hall–Kier alpha value is -1.63. The summed E-state index contributed by atoms with van der Waals surface area (Å²) in [5, 5.41) is 0. The molecule has 2 saturated heterocycles. The molecule has 1 spiro atoms. The highest BCUT2D eigenvalue weighted by Crippen LogP contribution is 2.32. The van der Waals surface area contributed by atoms with Crippen molar-refractivity contribution < 1.29 is 23.7 Å². The summed E-state index contributed by atoms with van der Waals surface area (Å²) < 4.78 is 23.3. The van der Waals surface area contributed by atoms with Gasteiger partial charge in [-0.3, -0.25) is 0 Å². The van der Waals surface area contributed by atoms with Crippen molar-refractivity contribution >= 4 is 6.09 Å². The number of benzene rings is 1. The van der Waals surface area contributed by atoms with Crippen molar-refractivity contribution in [3.8, 4) is 0 Å². The molecule has 0 N–H and O–H groups in total. The van der Waals surface area contributed by atoms with Gasteiger partial charge >= 0.3 is 6.09 Å². The highest BCUT2D eigenvalue weighted by Gasteiger charge is 2.42. The Morgan fingerprint density at radius 3 is 2.35 bits per heavy atom. The molecule has 2 heterocycles. The molecule has 144 valence electrons. The van der Waals surface area contributed by atoms with Crippen molar-refractivity contribution in [2.75, 3.05) is 26.3 Å². The number of carbonyl (C=O) groups is 1. The maximum atomic E-state index is 12.2. The SMILES string of the molecule is CC(C)(C)OC(=O)N1CCC2(CC1)OCC(OCc1ccccc1)CO2. The van der Waals surface area contributed by atoms with Crippen LogP contribution in [-0.2, 0) is 25.6 Å². The van der Waals surface area contributed by atoms with Crippen LogP contribution in [0.5, 0.6) is 0 Å². The van der Waals surface area contributed by atoms with Gasteiger partial charge < -0.3 is 23.8 Å². The Morgan fingerprint density at radius 1 is 1.15 bits per heavy atom. The third-order valence-electron chi connectivity index (χ3n) is 4.57. The number of ether oxygens (including phenoxy) is 4. The standard InChI is InChI=1S/C20H29NO5/c1-19(2,3)26-18(22)21-11-9-20(10-12-21)24-14-17(15-25-20)23-13-16-7-5-4-6-8-16/h4-8,17H,9-15H2,1-3H3. The third-order valence-corrected chi connectivity index (χ3v) is 4.57. The van der Waals surface area contributed by atoms with E-state index in [-0.39, 0.29) is 12.2 Å². The smallest absolute Gasteiger partial charge is 0.410 e. The van der Waals surface area contributed by atoms with Gasteiger partial charge in [0.1, 0.15) is 11.7 Å². The maximum absolute atomic E-state index is 12.2. The second-order valence-corrected chi connectivity index (χ2v) is 7.92. The van der Waals surface area contributed by atoms with Crippen LogP contribution in [0, 0.1) is 0 Å². The fourth-order valence-electron chi connectivity index (χ4n) is 3.11. The summed E-state index contributed by atoms with van der Waals surface area (Å²) in [6.07, 6.45) is 0.965. The van der Waals surface area contributed by atoms with E-state index in [2.05, 4.69) is 0 Å². The second-order valence-electron chi connectivity index (χ2n) is 7.92. The molecule has 6 heteroatoms. The first-order valence-electron chi connectivity index (χ1n) is 9.27. The zero-order valence-electron chi connectivity index (χ0n) is 15.9. The Kier molecular flexibility index (Phi) is 5.85. The molecule has 0 aromatic heterocycles. The monoisotopic (exact) mass is 363 g/mol. The summed E-state index contributed by atoms with van der Waals surface area (Å²) in [5.74, 6) is -0.592. The first kappa shape index (κ1) is 19.1. The molecule has 0 aliphatic carbocycles. The number of hydrogen-bond acceptors (Lipinski definition) is 5. The molecule has 1 aromatic carbocycles. The molecular formula is C20H29NO5. The number of amides is 1. The van der Waals surface area contributed by atoms with Crippen LogP contribution in [-0.4, -0.2) is 54.8 Å². The Balaban J connectivity index is 1.41. The first-order valence-corrected chi connectivity index (χ1v) is 9.27. The van der Waals surface area contributed by atoms with Gasteiger partial charge in [-0.1, -0.05) is 30.3 Å². The van der Waals surface area contributed by atoms with Crippen molar-refractivity contribution in [2.45, 2.75) is 57.7 Å². The number of likely N-dealkylation sites (tertiary alicyclic amines) is 1. The summed E-state index contributed by atoms with van der Waals surface area (Å²) in [6.45, 7) is 8.35. The number of nitrogens with zero attached hydrogens (tertiary/aromatic N) is 1. The largest absolute Gasteiger partial charge is 0.444 e. The maximum Gasteiger partial charge on any atom is 0.410 e. The molecule has 6 nitrogen and oxygen atoms in total. The quantitative estimate of drug-likeness (QED) is 0.824. The lowest BCUT2D eigenvalue weighted by Gasteiger charge is -2.45. The van der Waals surface area contributed by atoms with E-state index in [0.717, 1.165) is 5.56 Å². The van der Waals surface area contributed by atoms with Crippen LogP contribution in [0.4, 0.5) is 4.79 Å². The predicted molar refractivity (Wildman–Crippen MR) is 96.7 cm³/mol. The average molecular weight is 363 g/mol. The topological polar surface area (TPSA) is 57.2 Å². The van der Waals surface area contributed by atoms with Gasteiger partial charge in [0.15, 0.2) is 5.79 Å². The highest BCUT2D eigenvalue weighted by molar-refractivity contribution is 5.68. The van der Waals surface area contributed by atoms with Crippen molar-refractivity contribution in [3.63, 3.8) is 0 Å². The summed E-state index contributed by atoms with van der Waals surface area (Å²) in [5.41, 5.74) is 0.659. The van der Waals surface area contributed by atoms with Crippen molar-refractivity contribution in [2.24, 2.45) is 0 Å². The molecule has 1 aromatic rings. The van der Waals surface area contributed by atoms with Gasteiger partial charge in [-0.2, -0.15) is 0 Å². The molecule has 26 heavy (non-hydrogen) atoms. The summed E-state index contributed by atoms with van der Waals surface area (Å²) in [4.78, 5) is 13.9. The molecule has 2 aliphatic heterocycles. The van der Waals surface area contributed by atoms with Crippen LogP contribution >= 0.6 is 0 Å². The molecule has 0 atom stereocenters. The van der Waals surface area contributed by atoms with E-state index in [4.69, 9.17) is 18.9 Å². The fourth-order valence-corrected chi connectivity index (χ4v) is 3.11. The molecule has 0 saturated carbocycles. The lowest BCUT2D eigenvalue weighted by Crippen LogP contribution is -2.54. The van der Waals surface area contributed by atoms with Gasteiger partial charge in [-0.15, -0.1) is 0 Å². The second kappa shape index (κ2) is 7.94. The molecule has 0 bridgehead atoms. The van der Waals surface area contributed by atoms with E-state index in [0.29, 0.717) is 45.8 Å². The lowest BCUT2D eigenvalue weighted by molar-refractivity contribution is -0.311. The van der Waals surface area contributed by atoms with E-state index >= 15 is 0 Å². The van der Waals surface area contributed by atoms with Gasteiger partial charge in [0, 0.05) is 25.9 Å². The number of piperidine rings is 1. The predicted octanol–water partition coefficient (Wildman–Crippen LogP) is 3.35. The number of hydrogen-bond donors (Lipinski definition) is 0. The minimum Gasteiger partial charge on any atom is -0.444 e. The van der Waals surface area contributed by atoms with E-state index in [9.17, 15) is 4.79 Å². The third kappa shape index (κ3) is 5.19. The molecular weight excluding hydrogens is 334 g/mol. The Bertz CT molecular complexity index is 580. The summed E-state index contributed by atoms with van der Waals surface area (Å²) >= 11 is 0. The van der Waals surface area contributed by atoms with Gasteiger partial charge in [0.2, 0.25) is 0 Å². The van der Waals surface area contributed by atoms with Crippen LogP contribution in [0.2, 0.25) is 0 Å². The van der Waals surface area contributed by atoms with Gasteiger partial charge in [-0.25, -0.2) is 4.79 Å². The lowest BCUT2D eigenvalue weighted by atomic mass is 10.0. The van der Waals surface area contributed by atoms with Crippen LogP contribution in [0.25, 0.3) is 0 Å². The van der Waals surface area contributed by atoms with Crippen LogP contribution in [0.15, 0.2) is 30.3 Å². The number of rotatable bonds is 3. The van der Waals surface area contributed by atoms with E-state index in [1.807, 2.05) is 51.1 Å². The summed E-state index contributed by atoms with van der Waals surface area (Å²) in [6, 6.07) is 10.1. The average Bonchev–Trinajstić information content (AvgIpc) is 2.61. The molecule has 0 radical (unpaired) electrons. The van der Waals surface area contributed by atoms with Gasteiger partial charge in [0.25, 0.3) is 0 Å². The molecule has 3 rings (SSSR count). The van der Waals surface area contributed by atoms with E-state index in [1.54, 1.807) is 4.90 Å². The minimum atomic E-state index is -0.592. The van der Waals surface area contributed by atoms with Gasteiger partial charge in [-0.05, 0) is 26.3 Å². The first-order chi connectivity index (χ1) is 12.4. The Morgan fingerprint density at radius 2 is 1.77 bits per heavy atom. The normalized spacial score (nSPS) is 21.0. The molecule has 1 amide bonds. The van der Waals surface area contributed by atoms with Crippen LogP contribution < -0.4 is 0 Å². The van der Waals surface area contributed by atoms with E-state index < -0.39 is 11.4 Å². The van der Waals surface area contributed by atoms with Gasteiger partial charge in [0.05, 0.1) is 19.8 Å². The van der Waals surface area contributed by atoms with Crippen molar-refractivity contribution in [3.05, 3.63) is 35.9 Å². The zero-order chi connectivity index (χ0) is 18.6. The summed E-state index contributed by atoms with van der Waals surface area (Å²) in [7, 11) is 0. The highest BCUT2D eigenvalue weighted by atomic mass is 16.7. The molecule has 0 unspecified atom stereocenters. The number of carbonyl (C=O) groups excluding carboxylic acids is 1. The molecule has 2 fully saturated rings. The zero-order valence-corrected chi connectivity index (χ0v) is 15.9.